The third-order valence-electron chi connectivity index (χ3n) is 2.39. The van der Waals surface area contributed by atoms with Gasteiger partial charge in [0.2, 0.25) is 10.1 Å². The summed E-state index contributed by atoms with van der Waals surface area (Å²) in [7, 11) is 1.77. The highest BCUT2D eigenvalue weighted by Gasteiger charge is 2.14. The van der Waals surface area contributed by atoms with Crippen LogP contribution in [0.15, 0.2) is 6.07 Å². The first-order valence-corrected chi connectivity index (χ1v) is 6.81. The van der Waals surface area contributed by atoms with Crippen LogP contribution in [0.5, 0.6) is 0 Å². The van der Waals surface area contributed by atoms with Crippen LogP contribution in [0.4, 0.5) is 10.9 Å². The molecule has 0 radical (unpaired) electrons. The fraction of sp³-hybridized carbons (Fsp3) is 0.455. The minimum absolute atomic E-state index is 0.273. The van der Waals surface area contributed by atoms with Crippen molar-refractivity contribution in [3.63, 3.8) is 0 Å². The van der Waals surface area contributed by atoms with Gasteiger partial charge in [0.25, 0.3) is 5.91 Å². The second-order valence-corrected chi connectivity index (χ2v) is 5.07. The molecule has 2 N–H and O–H groups in total. The van der Waals surface area contributed by atoms with Crippen LogP contribution in [0.3, 0.4) is 0 Å². The molecule has 0 atom stereocenters. The van der Waals surface area contributed by atoms with E-state index in [1.165, 1.54) is 11.3 Å². The Morgan fingerprint density at radius 2 is 2.26 bits per heavy atom. The van der Waals surface area contributed by atoms with Crippen molar-refractivity contribution in [2.24, 2.45) is 7.05 Å². The molecule has 2 rings (SSSR count). The predicted molar refractivity (Wildman–Crippen MR) is 74.6 cm³/mol. The molecule has 0 saturated carbocycles. The molecule has 1 amide bonds. The van der Waals surface area contributed by atoms with Crippen molar-refractivity contribution in [1.29, 1.82) is 0 Å². The lowest BCUT2D eigenvalue weighted by Crippen LogP contribution is -2.14. The maximum absolute atomic E-state index is 12.0. The van der Waals surface area contributed by atoms with Crippen LogP contribution >= 0.6 is 11.3 Å². The van der Waals surface area contributed by atoms with Crippen LogP contribution in [0.25, 0.3) is 0 Å². The quantitative estimate of drug-likeness (QED) is 0.870. The highest BCUT2D eigenvalue weighted by Crippen LogP contribution is 2.17. The Bertz CT molecular complexity index is 576. The van der Waals surface area contributed by atoms with Crippen molar-refractivity contribution in [1.82, 2.24) is 20.0 Å². The van der Waals surface area contributed by atoms with Gasteiger partial charge in [0.15, 0.2) is 0 Å². The third kappa shape index (κ3) is 3.28. The first-order chi connectivity index (χ1) is 9.10. The van der Waals surface area contributed by atoms with E-state index < -0.39 is 0 Å². The third-order valence-corrected chi connectivity index (χ3v) is 3.27. The van der Waals surface area contributed by atoms with Gasteiger partial charge in [-0.1, -0.05) is 18.3 Å². The zero-order valence-corrected chi connectivity index (χ0v) is 11.9. The standard InChI is InChI=1S/C11H16N6OS/c1-4-5-12-11-15-14-10(19-11)9(18)13-8-6-7(2)16-17(8)3/h6H,4-5H2,1-3H3,(H,12,15)(H,13,18). The van der Waals surface area contributed by atoms with E-state index in [4.69, 9.17) is 0 Å². The van der Waals surface area contributed by atoms with Crippen molar-refractivity contribution in [3.8, 4) is 0 Å². The molecule has 8 heteroatoms. The average Bonchev–Trinajstić information content (AvgIpc) is 2.94. The number of hydrogen-bond donors (Lipinski definition) is 2. The van der Waals surface area contributed by atoms with Gasteiger partial charge in [-0.05, 0) is 13.3 Å². The Morgan fingerprint density at radius 1 is 1.47 bits per heavy atom. The van der Waals surface area contributed by atoms with E-state index >= 15 is 0 Å². The van der Waals surface area contributed by atoms with E-state index in [1.807, 2.05) is 6.92 Å². The van der Waals surface area contributed by atoms with Gasteiger partial charge in [0.05, 0.1) is 5.69 Å². The number of anilines is 2. The molecule has 0 aliphatic rings. The Morgan fingerprint density at radius 3 is 2.89 bits per heavy atom. The Kier molecular flexibility index (Phi) is 4.10. The summed E-state index contributed by atoms with van der Waals surface area (Å²) >= 11 is 1.24. The molecule has 7 nitrogen and oxygen atoms in total. The SMILES string of the molecule is CCCNc1nnc(C(=O)Nc2cc(C)nn2C)s1. The first-order valence-electron chi connectivity index (χ1n) is 5.99. The van der Waals surface area contributed by atoms with Gasteiger partial charge in [-0.15, -0.1) is 10.2 Å². The highest BCUT2D eigenvalue weighted by molar-refractivity contribution is 7.17. The lowest BCUT2D eigenvalue weighted by molar-refractivity contribution is 0.102. The summed E-state index contributed by atoms with van der Waals surface area (Å²) in [6, 6.07) is 1.80. The largest absolute Gasteiger partial charge is 0.360 e. The summed E-state index contributed by atoms with van der Waals surface area (Å²) in [5.74, 6) is 0.366. The van der Waals surface area contributed by atoms with Gasteiger partial charge in [0, 0.05) is 19.7 Å². The van der Waals surface area contributed by atoms with Crippen molar-refractivity contribution < 1.29 is 4.79 Å². The summed E-state index contributed by atoms with van der Waals surface area (Å²) in [6.07, 6.45) is 0.995. The van der Waals surface area contributed by atoms with E-state index in [0.29, 0.717) is 16.0 Å². The fourth-order valence-corrected chi connectivity index (χ4v) is 2.18. The molecule has 19 heavy (non-hydrogen) atoms. The van der Waals surface area contributed by atoms with Crippen molar-refractivity contribution >= 4 is 28.2 Å². The number of nitrogens with zero attached hydrogens (tertiary/aromatic N) is 4. The van der Waals surface area contributed by atoms with Crippen LogP contribution in [-0.4, -0.2) is 32.4 Å². The van der Waals surface area contributed by atoms with E-state index in [-0.39, 0.29) is 5.91 Å². The predicted octanol–water partition coefficient (Wildman–Crippen LogP) is 1.65. The molecule has 2 heterocycles. The summed E-state index contributed by atoms with van der Waals surface area (Å²) < 4.78 is 1.62. The molecule has 0 bridgehead atoms. The second-order valence-electron chi connectivity index (χ2n) is 4.09. The normalized spacial score (nSPS) is 10.5. The maximum atomic E-state index is 12.0. The monoisotopic (exact) mass is 280 g/mol. The molecule has 0 fully saturated rings. The van der Waals surface area contributed by atoms with Gasteiger partial charge in [-0.2, -0.15) is 5.10 Å². The number of amides is 1. The number of carbonyl (C=O) groups excluding carboxylic acids is 1. The van der Waals surface area contributed by atoms with Crippen LogP contribution in [0.2, 0.25) is 0 Å². The fourth-order valence-electron chi connectivity index (χ4n) is 1.52. The summed E-state index contributed by atoms with van der Waals surface area (Å²) in [5, 5.41) is 18.8. The molecular weight excluding hydrogens is 264 g/mol. The van der Waals surface area contributed by atoms with Gasteiger partial charge >= 0.3 is 0 Å². The zero-order valence-electron chi connectivity index (χ0n) is 11.1. The Balaban J connectivity index is 2.03. The first kappa shape index (κ1) is 13.5. The van der Waals surface area contributed by atoms with Crippen LogP contribution in [-0.2, 0) is 7.05 Å². The highest BCUT2D eigenvalue weighted by atomic mass is 32.1. The van der Waals surface area contributed by atoms with E-state index in [1.54, 1.807) is 17.8 Å². The second kappa shape index (κ2) is 5.79. The number of rotatable bonds is 5. The Labute approximate surface area is 115 Å². The topological polar surface area (TPSA) is 84.7 Å². The number of nitrogens with one attached hydrogen (secondary N) is 2. The lowest BCUT2D eigenvalue weighted by atomic mass is 10.4. The number of hydrogen-bond acceptors (Lipinski definition) is 6. The van der Waals surface area contributed by atoms with Crippen LogP contribution < -0.4 is 10.6 Å². The van der Waals surface area contributed by atoms with Gasteiger partial charge < -0.3 is 10.6 Å². The maximum Gasteiger partial charge on any atom is 0.287 e. The number of aromatic nitrogens is 4. The molecular formula is C11H16N6OS. The summed E-state index contributed by atoms with van der Waals surface area (Å²) in [5.41, 5.74) is 0.848. The molecule has 0 unspecified atom stereocenters. The van der Waals surface area contributed by atoms with Gasteiger partial charge in [-0.3, -0.25) is 9.48 Å². The molecule has 102 valence electrons. The lowest BCUT2D eigenvalue weighted by Gasteiger charge is -2.01. The number of aryl methyl sites for hydroxylation is 2. The molecule has 2 aromatic rings. The van der Waals surface area contributed by atoms with Crippen molar-refractivity contribution in [3.05, 3.63) is 16.8 Å². The molecule has 0 aliphatic heterocycles. The van der Waals surface area contributed by atoms with E-state index in [2.05, 4.69) is 32.9 Å². The minimum Gasteiger partial charge on any atom is -0.360 e. The minimum atomic E-state index is -0.273. The summed E-state index contributed by atoms with van der Waals surface area (Å²) in [6.45, 7) is 4.75. The van der Waals surface area contributed by atoms with E-state index in [9.17, 15) is 4.79 Å². The average molecular weight is 280 g/mol. The van der Waals surface area contributed by atoms with Crippen molar-refractivity contribution in [2.75, 3.05) is 17.2 Å². The van der Waals surface area contributed by atoms with Crippen molar-refractivity contribution in [2.45, 2.75) is 20.3 Å². The molecule has 0 aromatic carbocycles. The Hall–Kier alpha value is -1.96. The van der Waals surface area contributed by atoms with Gasteiger partial charge in [-0.25, -0.2) is 0 Å². The molecule has 0 saturated heterocycles. The van der Waals surface area contributed by atoms with Gasteiger partial charge in [0.1, 0.15) is 5.82 Å². The van der Waals surface area contributed by atoms with Crippen LogP contribution in [0, 0.1) is 6.92 Å². The zero-order chi connectivity index (χ0) is 13.8. The van der Waals surface area contributed by atoms with E-state index in [0.717, 1.165) is 18.7 Å². The van der Waals surface area contributed by atoms with Crippen LogP contribution in [0.1, 0.15) is 28.8 Å². The molecule has 2 aromatic heterocycles. The summed E-state index contributed by atoms with van der Waals surface area (Å²) in [4.78, 5) is 12.0. The molecule has 0 spiro atoms. The molecule has 0 aliphatic carbocycles. The smallest absolute Gasteiger partial charge is 0.287 e. The number of carbonyl (C=O) groups is 1.